The number of allylic oxidation sites excluding steroid dienone is 2. The molecule has 0 saturated heterocycles. The molecule has 1 aliphatic carbocycles. The summed E-state index contributed by atoms with van der Waals surface area (Å²) < 4.78 is 1.05. The Morgan fingerprint density at radius 3 is 2.93 bits per heavy atom. The topological polar surface area (TPSA) is 57.6 Å². The Kier molecular flexibility index (Phi) is 5.08. The standard InChI is InChI=1S/C21H18BrClN2O2/c1-12(25-27-7-6-26)21-17-4-2-15(22)8-13(17)10-18(21)20-11-14-9-16(23)3-5-19(14)24-20/h2-5,8-9,11,24,26H,6-7,10H2,1H3. The maximum Gasteiger partial charge on any atom is 0.140 e. The number of benzene rings is 2. The maximum absolute atomic E-state index is 8.94. The number of nitrogens with one attached hydrogen (secondary N) is 1. The van der Waals surface area contributed by atoms with Gasteiger partial charge in [-0.2, -0.15) is 0 Å². The van der Waals surface area contributed by atoms with Gasteiger partial charge in [0.05, 0.1) is 12.3 Å². The highest BCUT2D eigenvalue weighted by Crippen LogP contribution is 2.41. The summed E-state index contributed by atoms with van der Waals surface area (Å²) in [6, 6.07) is 14.2. The van der Waals surface area contributed by atoms with Crippen molar-refractivity contribution in [2.75, 3.05) is 13.2 Å². The minimum Gasteiger partial charge on any atom is -0.393 e. The zero-order valence-electron chi connectivity index (χ0n) is 14.7. The second kappa shape index (κ2) is 7.50. The van der Waals surface area contributed by atoms with Crippen molar-refractivity contribution in [3.05, 3.63) is 68.8 Å². The van der Waals surface area contributed by atoms with Crippen LogP contribution in [0.25, 0.3) is 22.0 Å². The molecule has 1 heterocycles. The van der Waals surface area contributed by atoms with E-state index in [0.717, 1.165) is 49.4 Å². The van der Waals surface area contributed by atoms with Crippen molar-refractivity contribution in [1.29, 1.82) is 0 Å². The van der Waals surface area contributed by atoms with Crippen molar-refractivity contribution in [3.8, 4) is 0 Å². The summed E-state index contributed by atoms with van der Waals surface area (Å²) in [4.78, 5) is 8.72. The quantitative estimate of drug-likeness (QED) is 0.312. The van der Waals surface area contributed by atoms with Crippen LogP contribution in [0.15, 0.2) is 52.1 Å². The van der Waals surface area contributed by atoms with Gasteiger partial charge in [-0.1, -0.05) is 38.8 Å². The van der Waals surface area contributed by atoms with Gasteiger partial charge in [0.15, 0.2) is 0 Å². The molecule has 0 unspecified atom stereocenters. The van der Waals surface area contributed by atoms with E-state index >= 15 is 0 Å². The number of rotatable bonds is 5. The van der Waals surface area contributed by atoms with Crippen molar-refractivity contribution >= 4 is 55.3 Å². The van der Waals surface area contributed by atoms with Crippen LogP contribution in [0.4, 0.5) is 0 Å². The van der Waals surface area contributed by atoms with Gasteiger partial charge in [0.25, 0.3) is 0 Å². The Morgan fingerprint density at radius 1 is 1.26 bits per heavy atom. The Hall–Kier alpha value is -2.08. The summed E-state index contributed by atoms with van der Waals surface area (Å²) in [6.07, 6.45) is 0.803. The van der Waals surface area contributed by atoms with Crippen molar-refractivity contribution < 1.29 is 9.94 Å². The summed E-state index contributed by atoms with van der Waals surface area (Å²) in [7, 11) is 0. The van der Waals surface area contributed by atoms with Crippen LogP contribution in [0.5, 0.6) is 0 Å². The van der Waals surface area contributed by atoms with Gasteiger partial charge in [0.1, 0.15) is 6.61 Å². The molecule has 2 N–H and O–H groups in total. The molecule has 0 bridgehead atoms. The molecule has 0 aliphatic heterocycles. The average molecular weight is 446 g/mol. The number of aliphatic hydroxyl groups is 1. The second-order valence-electron chi connectivity index (χ2n) is 6.48. The molecule has 1 aliphatic rings. The first-order valence-electron chi connectivity index (χ1n) is 8.65. The van der Waals surface area contributed by atoms with Crippen molar-refractivity contribution in [1.82, 2.24) is 4.98 Å². The van der Waals surface area contributed by atoms with Crippen LogP contribution in [0.3, 0.4) is 0 Å². The molecule has 0 atom stereocenters. The number of hydrogen-bond acceptors (Lipinski definition) is 3. The lowest BCUT2D eigenvalue weighted by Crippen LogP contribution is -2.01. The van der Waals surface area contributed by atoms with E-state index in [1.165, 1.54) is 11.1 Å². The fraction of sp³-hybridized carbons (Fsp3) is 0.190. The molecule has 0 amide bonds. The monoisotopic (exact) mass is 444 g/mol. The van der Waals surface area contributed by atoms with Gasteiger partial charge >= 0.3 is 0 Å². The number of hydrogen-bond donors (Lipinski definition) is 2. The Labute approximate surface area is 170 Å². The molecular formula is C21H18BrClN2O2. The molecule has 6 heteroatoms. The van der Waals surface area contributed by atoms with Gasteiger partial charge < -0.3 is 14.9 Å². The van der Waals surface area contributed by atoms with Gasteiger partial charge in [-0.3, -0.25) is 0 Å². The van der Waals surface area contributed by atoms with Crippen LogP contribution in [-0.4, -0.2) is 29.0 Å². The van der Waals surface area contributed by atoms with E-state index in [-0.39, 0.29) is 13.2 Å². The number of halogens is 2. The molecule has 1 aromatic heterocycles. The second-order valence-corrected chi connectivity index (χ2v) is 7.83. The van der Waals surface area contributed by atoms with Gasteiger partial charge in [-0.05, 0) is 60.0 Å². The smallest absolute Gasteiger partial charge is 0.140 e. The number of oxime groups is 1. The van der Waals surface area contributed by atoms with Gasteiger partial charge in [-0.15, -0.1) is 0 Å². The highest BCUT2D eigenvalue weighted by atomic mass is 79.9. The van der Waals surface area contributed by atoms with Crippen LogP contribution in [0.2, 0.25) is 5.02 Å². The Balaban J connectivity index is 1.85. The van der Waals surface area contributed by atoms with E-state index < -0.39 is 0 Å². The molecule has 0 saturated carbocycles. The largest absolute Gasteiger partial charge is 0.393 e. The summed E-state index contributed by atoms with van der Waals surface area (Å²) in [6.45, 7) is 2.05. The first-order chi connectivity index (χ1) is 13.1. The van der Waals surface area contributed by atoms with E-state index in [2.05, 4.69) is 44.3 Å². The minimum atomic E-state index is -0.0605. The lowest BCUT2D eigenvalue weighted by atomic mass is 10.0. The molecule has 4 nitrogen and oxygen atoms in total. The predicted molar refractivity (Wildman–Crippen MR) is 114 cm³/mol. The van der Waals surface area contributed by atoms with Crippen LogP contribution in [0.1, 0.15) is 23.7 Å². The molecule has 4 rings (SSSR count). The highest BCUT2D eigenvalue weighted by molar-refractivity contribution is 9.10. The predicted octanol–water partition coefficient (Wildman–Crippen LogP) is 5.44. The molecule has 27 heavy (non-hydrogen) atoms. The van der Waals surface area contributed by atoms with Crippen molar-refractivity contribution in [2.45, 2.75) is 13.3 Å². The molecule has 0 radical (unpaired) electrons. The number of aromatic nitrogens is 1. The number of aromatic amines is 1. The summed E-state index contributed by atoms with van der Waals surface area (Å²) in [5, 5.41) is 14.9. The minimum absolute atomic E-state index is 0.0605. The third kappa shape index (κ3) is 3.55. The number of nitrogens with zero attached hydrogens (tertiary/aromatic N) is 1. The highest BCUT2D eigenvalue weighted by Gasteiger charge is 2.26. The third-order valence-corrected chi connectivity index (χ3v) is 5.39. The molecule has 138 valence electrons. The van der Waals surface area contributed by atoms with E-state index in [0.29, 0.717) is 0 Å². The maximum atomic E-state index is 8.94. The lowest BCUT2D eigenvalue weighted by Gasteiger charge is -2.08. The Bertz CT molecular complexity index is 1080. The third-order valence-electron chi connectivity index (χ3n) is 4.66. The molecule has 0 spiro atoms. The molecule has 2 aromatic carbocycles. The van der Waals surface area contributed by atoms with Gasteiger partial charge in [0, 0.05) is 38.1 Å². The molecular weight excluding hydrogens is 428 g/mol. The fourth-order valence-electron chi connectivity index (χ4n) is 3.53. The first kappa shape index (κ1) is 18.3. The molecule has 0 fully saturated rings. The van der Waals surface area contributed by atoms with Crippen LogP contribution < -0.4 is 0 Å². The number of H-pyrrole nitrogens is 1. The first-order valence-corrected chi connectivity index (χ1v) is 9.82. The normalized spacial score (nSPS) is 14.1. The van der Waals surface area contributed by atoms with Crippen LogP contribution in [0, 0.1) is 0 Å². The van der Waals surface area contributed by atoms with Crippen LogP contribution >= 0.6 is 27.5 Å². The van der Waals surface area contributed by atoms with E-state index in [1.54, 1.807) is 0 Å². The fourth-order valence-corrected chi connectivity index (χ4v) is 4.12. The number of fused-ring (bicyclic) bond motifs is 2. The van der Waals surface area contributed by atoms with Crippen molar-refractivity contribution in [2.24, 2.45) is 5.16 Å². The summed E-state index contributed by atoms with van der Waals surface area (Å²) in [5.41, 5.74) is 7.51. The van der Waals surface area contributed by atoms with E-state index in [1.807, 2.05) is 31.2 Å². The SMILES string of the molecule is CC(=NOCCO)C1=C(c2cc3cc(Cl)ccc3[nH]2)Cc2cc(Br)ccc21. The zero-order chi connectivity index (χ0) is 19.0. The number of aliphatic hydroxyl groups excluding tert-OH is 1. The summed E-state index contributed by atoms with van der Waals surface area (Å²) in [5.74, 6) is 0. The van der Waals surface area contributed by atoms with Gasteiger partial charge in [-0.25, -0.2) is 0 Å². The zero-order valence-corrected chi connectivity index (χ0v) is 17.1. The van der Waals surface area contributed by atoms with E-state index in [4.69, 9.17) is 21.5 Å². The van der Waals surface area contributed by atoms with Gasteiger partial charge in [0.2, 0.25) is 0 Å². The lowest BCUT2D eigenvalue weighted by molar-refractivity contribution is 0.0988. The average Bonchev–Trinajstić information content (AvgIpc) is 3.21. The Morgan fingerprint density at radius 2 is 2.11 bits per heavy atom. The van der Waals surface area contributed by atoms with E-state index in [9.17, 15) is 0 Å². The summed E-state index contributed by atoms with van der Waals surface area (Å²) >= 11 is 9.70. The van der Waals surface area contributed by atoms with Crippen LogP contribution in [-0.2, 0) is 11.3 Å². The molecule has 3 aromatic rings. The van der Waals surface area contributed by atoms with Crippen molar-refractivity contribution in [3.63, 3.8) is 0 Å².